The third kappa shape index (κ3) is 4.25. The van der Waals surface area contributed by atoms with Crippen molar-refractivity contribution >= 4 is 66.5 Å². The second-order valence-electron chi connectivity index (χ2n) is 13.3. The van der Waals surface area contributed by atoms with Crippen LogP contribution < -0.4 is 5.32 Å². The van der Waals surface area contributed by atoms with E-state index < -0.39 is 0 Å². The van der Waals surface area contributed by atoms with Crippen LogP contribution >= 0.6 is 0 Å². The highest BCUT2D eigenvalue weighted by atomic mass is 16.3. The standard InChI is InChI=1S/C46H30N4O/c1-2-10-29(11-3-1)30-18-22-33(23-19-30)49-39-15-7-4-12-34(39)37-26-31(20-24-41(37)49)32-21-25-42-38(27-32)35-13-5-8-16-40(35)50(42)46-47-28-44-45(48-46)36-14-6-9-17-43(36)51-44/h1-28,46,48H. The Labute approximate surface area is 293 Å². The predicted octanol–water partition coefficient (Wildman–Crippen LogP) is 12.0. The average molecular weight is 655 g/mol. The molecule has 0 spiro atoms. The minimum absolute atomic E-state index is 0.309. The molecule has 0 saturated heterocycles. The van der Waals surface area contributed by atoms with Gasteiger partial charge in [0.1, 0.15) is 5.58 Å². The second kappa shape index (κ2) is 10.8. The number of hydrogen-bond acceptors (Lipinski definition) is 3. The Morgan fingerprint density at radius 1 is 0.471 bits per heavy atom. The van der Waals surface area contributed by atoms with Crippen LogP contribution in [0.1, 0.15) is 12.0 Å². The number of benzene rings is 7. The highest BCUT2D eigenvalue weighted by Gasteiger charge is 2.24. The van der Waals surface area contributed by atoms with E-state index in [1.54, 1.807) is 0 Å². The van der Waals surface area contributed by atoms with Crippen molar-refractivity contribution in [1.29, 1.82) is 0 Å². The Balaban J connectivity index is 1.02. The molecule has 4 heterocycles. The number of furan rings is 1. The molecule has 1 atom stereocenters. The first kappa shape index (κ1) is 28.0. The van der Waals surface area contributed by atoms with E-state index >= 15 is 0 Å². The second-order valence-corrected chi connectivity index (χ2v) is 13.3. The van der Waals surface area contributed by atoms with Gasteiger partial charge in [0.25, 0.3) is 0 Å². The van der Waals surface area contributed by atoms with Crippen molar-refractivity contribution in [2.24, 2.45) is 4.99 Å². The van der Waals surface area contributed by atoms with Crippen LogP contribution in [-0.4, -0.2) is 15.3 Å². The maximum absolute atomic E-state index is 6.08. The average Bonchev–Trinajstić information content (AvgIpc) is 3.85. The fourth-order valence-electron chi connectivity index (χ4n) is 8.05. The molecule has 7 aromatic carbocycles. The zero-order valence-electron chi connectivity index (χ0n) is 27.5. The van der Waals surface area contributed by atoms with E-state index in [0.29, 0.717) is 0 Å². The number of para-hydroxylation sites is 3. The van der Waals surface area contributed by atoms with Crippen molar-refractivity contribution in [2.75, 3.05) is 5.32 Å². The lowest BCUT2D eigenvalue weighted by atomic mass is 10.0. The van der Waals surface area contributed by atoms with Crippen molar-refractivity contribution in [3.63, 3.8) is 0 Å². The Morgan fingerprint density at radius 3 is 1.80 bits per heavy atom. The smallest absolute Gasteiger partial charge is 0.201 e. The molecule has 5 heteroatoms. The highest BCUT2D eigenvalue weighted by Crippen LogP contribution is 2.41. The molecule has 1 unspecified atom stereocenters. The Bertz CT molecular complexity index is 3000. The first-order valence-corrected chi connectivity index (χ1v) is 17.3. The van der Waals surface area contributed by atoms with Crippen LogP contribution in [0.15, 0.2) is 173 Å². The summed E-state index contributed by atoms with van der Waals surface area (Å²) in [6, 6.07) is 58.6. The molecule has 0 amide bonds. The van der Waals surface area contributed by atoms with Crippen LogP contribution in [0.25, 0.3) is 82.5 Å². The largest absolute Gasteiger partial charge is 0.453 e. The van der Waals surface area contributed by atoms with Crippen molar-refractivity contribution in [3.05, 3.63) is 170 Å². The van der Waals surface area contributed by atoms with Gasteiger partial charge in [-0.05, 0) is 82.9 Å². The lowest BCUT2D eigenvalue weighted by molar-refractivity contribution is 0.582. The zero-order chi connectivity index (χ0) is 33.5. The van der Waals surface area contributed by atoms with Gasteiger partial charge < -0.3 is 18.9 Å². The number of anilines is 1. The normalized spacial score (nSPS) is 14.2. The summed E-state index contributed by atoms with van der Waals surface area (Å²) < 4.78 is 10.8. The van der Waals surface area contributed by atoms with Gasteiger partial charge in [-0.15, -0.1) is 0 Å². The van der Waals surface area contributed by atoms with Crippen LogP contribution in [0.4, 0.5) is 5.69 Å². The van der Waals surface area contributed by atoms with Crippen LogP contribution in [-0.2, 0) is 0 Å². The summed E-state index contributed by atoms with van der Waals surface area (Å²) >= 11 is 0. The topological polar surface area (TPSA) is 47.4 Å². The number of hydrogen-bond donors (Lipinski definition) is 1. The van der Waals surface area contributed by atoms with Crippen molar-refractivity contribution in [3.8, 4) is 27.9 Å². The number of nitrogens with zero attached hydrogens (tertiary/aromatic N) is 3. The monoisotopic (exact) mass is 654 g/mol. The number of aromatic nitrogens is 2. The van der Waals surface area contributed by atoms with Crippen molar-refractivity contribution < 1.29 is 4.42 Å². The van der Waals surface area contributed by atoms with Crippen molar-refractivity contribution in [1.82, 2.24) is 9.13 Å². The van der Waals surface area contributed by atoms with Gasteiger partial charge in [0.2, 0.25) is 6.29 Å². The lowest BCUT2D eigenvalue weighted by Crippen LogP contribution is -2.19. The molecule has 11 rings (SSSR count). The zero-order valence-corrected chi connectivity index (χ0v) is 27.5. The van der Waals surface area contributed by atoms with Gasteiger partial charge >= 0.3 is 0 Å². The Hall–Kier alpha value is -6.85. The molecular formula is C46H30N4O. The van der Waals surface area contributed by atoms with Crippen LogP contribution in [0, 0.1) is 0 Å². The molecule has 0 bridgehead atoms. The molecule has 240 valence electrons. The van der Waals surface area contributed by atoms with E-state index in [9.17, 15) is 0 Å². The molecule has 0 fully saturated rings. The first-order chi connectivity index (χ1) is 25.3. The number of nitrogens with one attached hydrogen (secondary N) is 1. The summed E-state index contributed by atoms with van der Waals surface area (Å²) in [5, 5.41) is 9.63. The van der Waals surface area contributed by atoms with Crippen LogP contribution in [0.2, 0.25) is 0 Å². The molecule has 51 heavy (non-hydrogen) atoms. The first-order valence-electron chi connectivity index (χ1n) is 17.3. The number of aliphatic imine (C=N–C) groups is 1. The summed E-state index contributed by atoms with van der Waals surface area (Å²) in [5.74, 6) is 0.761. The van der Waals surface area contributed by atoms with Crippen molar-refractivity contribution in [2.45, 2.75) is 6.29 Å². The van der Waals surface area contributed by atoms with E-state index in [-0.39, 0.29) is 6.29 Å². The maximum atomic E-state index is 6.08. The van der Waals surface area contributed by atoms with Gasteiger partial charge in [0.15, 0.2) is 5.76 Å². The van der Waals surface area contributed by atoms with Gasteiger partial charge in [-0.3, -0.25) is 0 Å². The Morgan fingerprint density at radius 2 is 1.02 bits per heavy atom. The fourth-order valence-corrected chi connectivity index (χ4v) is 8.05. The summed E-state index contributed by atoms with van der Waals surface area (Å²) in [4.78, 5) is 4.93. The fraction of sp³-hybridized carbons (Fsp3) is 0.0217. The summed E-state index contributed by atoms with van der Waals surface area (Å²) in [5.41, 5.74) is 12.4. The molecule has 1 N–H and O–H groups in total. The summed E-state index contributed by atoms with van der Waals surface area (Å²) in [6.07, 6.45) is 1.55. The maximum Gasteiger partial charge on any atom is 0.201 e. The SMILES string of the molecule is C1=NC(n2c3ccccc3c3cc(-c4ccc5c(c4)c4ccccc4n5-c4ccc(-c5ccccc5)cc4)ccc32)Nc2c1oc1ccccc21. The van der Waals surface area contributed by atoms with E-state index in [2.05, 4.69) is 160 Å². The van der Waals surface area contributed by atoms with E-state index in [0.717, 1.165) is 39.1 Å². The molecule has 1 aliphatic rings. The van der Waals surface area contributed by atoms with Gasteiger partial charge in [-0.1, -0.05) is 103 Å². The van der Waals surface area contributed by atoms with E-state index in [1.165, 1.54) is 54.8 Å². The number of fused-ring (bicyclic) bond motifs is 9. The summed E-state index contributed by atoms with van der Waals surface area (Å²) in [7, 11) is 0. The highest BCUT2D eigenvalue weighted by molar-refractivity contribution is 6.12. The van der Waals surface area contributed by atoms with E-state index in [4.69, 9.17) is 9.41 Å². The Kier molecular flexibility index (Phi) is 5.95. The minimum atomic E-state index is -0.309. The molecular weight excluding hydrogens is 625 g/mol. The molecule has 10 aromatic rings. The minimum Gasteiger partial charge on any atom is -0.453 e. The van der Waals surface area contributed by atoms with Crippen LogP contribution in [0.5, 0.6) is 0 Å². The molecule has 0 radical (unpaired) electrons. The molecule has 5 nitrogen and oxygen atoms in total. The summed E-state index contributed by atoms with van der Waals surface area (Å²) in [6.45, 7) is 0. The van der Waals surface area contributed by atoms with E-state index in [1.807, 2.05) is 24.4 Å². The number of rotatable bonds is 4. The lowest BCUT2D eigenvalue weighted by Gasteiger charge is -2.22. The molecule has 3 aromatic heterocycles. The van der Waals surface area contributed by atoms with Gasteiger partial charge in [0, 0.05) is 32.6 Å². The van der Waals surface area contributed by atoms with Crippen LogP contribution in [0.3, 0.4) is 0 Å². The molecule has 1 aliphatic heterocycles. The quantitative estimate of drug-likeness (QED) is 0.205. The molecule has 0 aliphatic carbocycles. The molecule has 0 saturated carbocycles. The predicted molar refractivity (Wildman–Crippen MR) is 211 cm³/mol. The van der Waals surface area contributed by atoms with Gasteiger partial charge in [0.05, 0.1) is 34.0 Å². The van der Waals surface area contributed by atoms with Gasteiger partial charge in [-0.25, -0.2) is 4.99 Å². The third-order valence-corrected chi connectivity index (χ3v) is 10.4. The third-order valence-electron chi connectivity index (χ3n) is 10.4. The van der Waals surface area contributed by atoms with Gasteiger partial charge in [-0.2, -0.15) is 0 Å².